The Kier molecular flexibility index (Phi) is 3.63. The molecule has 3 aromatic carbocycles. The SMILES string of the molecule is Cc1ccc2c3c1-c1c4c(cc(CC5CCCC5)cc4cc[n+]1C)B3c1ccccc1-2. The van der Waals surface area contributed by atoms with Gasteiger partial charge in [0.1, 0.15) is 7.05 Å². The van der Waals surface area contributed by atoms with Crippen molar-refractivity contribution >= 4 is 33.9 Å². The molecule has 0 saturated heterocycles. The summed E-state index contributed by atoms with van der Waals surface area (Å²) in [6, 6.07) is 21.2. The Morgan fingerprint density at radius 3 is 2.65 bits per heavy atom. The fourth-order valence-electron chi connectivity index (χ4n) is 6.84. The van der Waals surface area contributed by atoms with Crippen molar-refractivity contribution in [2.75, 3.05) is 0 Å². The second-order valence-electron chi connectivity index (χ2n) is 10.0. The number of hydrogen-bond donors (Lipinski definition) is 0. The van der Waals surface area contributed by atoms with Gasteiger partial charge >= 0.3 is 0 Å². The number of pyridine rings is 1. The maximum absolute atomic E-state index is 2.58. The maximum atomic E-state index is 2.58. The highest BCUT2D eigenvalue weighted by molar-refractivity contribution is 7.01. The Labute approximate surface area is 184 Å². The van der Waals surface area contributed by atoms with Crippen LogP contribution in [0.15, 0.2) is 60.8 Å². The summed E-state index contributed by atoms with van der Waals surface area (Å²) < 4.78 is 2.35. The van der Waals surface area contributed by atoms with Crippen molar-refractivity contribution in [2.24, 2.45) is 13.0 Å². The van der Waals surface area contributed by atoms with Gasteiger partial charge in [-0.3, -0.25) is 0 Å². The van der Waals surface area contributed by atoms with Crippen molar-refractivity contribution in [3.8, 4) is 22.4 Å². The van der Waals surface area contributed by atoms with Crippen LogP contribution in [-0.4, -0.2) is 6.71 Å². The van der Waals surface area contributed by atoms with Crippen LogP contribution in [0.25, 0.3) is 33.2 Å². The Morgan fingerprint density at radius 2 is 1.77 bits per heavy atom. The third kappa shape index (κ3) is 2.37. The van der Waals surface area contributed by atoms with E-state index in [0.29, 0.717) is 6.71 Å². The van der Waals surface area contributed by atoms with Crippen molar-refractivity contribution in [1.29, 1.82) is 0 Å². The first-order chi connectivity index (χ1) is 15.2. The molecule has 2 aliphatic heterocycles. The van der Waals surface area contributed by atoms with E-state index in [1.807, 2.05) is 0 Å². The second kappa shape index (κ2) is 6.32. The van der Waals surface area contributed by atoms with Crippen LogP contribution in [0, 0.1) is 12.8 Å². The zero-order valence-electron chi connectivity index (χ0n) is 18.4. The third-order valence-electron chi connectivity index (χ3n) is 8.18. The molecule has 0 bridgehead atoms. The summed E-state index contributed by atoms with van der Waals surface area (Å²) in [7, 11) is 2.21. The number of benzene rings is 3. The van der Waals surface area contributed by atoms with Gasteiger partial charge in [-0.05, 0) is 52.4 Å². The predicted molar refractivity (Wildman–Crippen MR) is 131 cm³/mol. The lowest BCUT2D eigenvalue weighted by atomic mass is 9.35. The summed E-state index contributed by atoms with van der Waals surface area (Å²) >= 11 is 0. The van der Waals surface area contributed by atoms with Crippen molar-refractivity contribution < 1.29 is 4.57 Å². The van der Waals surface area contributed by atoms with E-state index in [4.69, 9.17) is 0 Å². The minimum atomic E-state index is 0.363. The van der Waals surface area contributed by atoms with Gasteiger partial charge in [0.2, 0.25) is 12.4 Å². The Bertz CT molecular complexity index is 1390. The Balaban J connectivity index is 1.58. The summed E-state index contributed by atoms with van der Waals surface area (Å²) in [6.45, 7) is 2.65. The number of hydrogen-bond acceptors (Lipinski definition) is 0. The first-order valence-corrected chi connectivity index (χ1v) is 11.9. The normalized spacial score (nSPS) is 16.1. The van der Waals surface area contributed by atoms with E-state index in [9.17, 15) is 0 Å². The molecule has 0 radical (unpaired) electrons. The topological polar surface area (TPSA) is 3.88 Å². The minimum Gasteiger partial charge on any atom is -0.200 e. The molecule has 3 aliphatic rings. The number of fused-ring (bicyclic) bond motifs is 5. The minimum absolute atomic E-state index is 0.363. The number of aromatic nitrogens is 1. The van der Waals surface area contributed by atoms with E-state index in [2.05, 4.69) is 79.3 Å². The summed E-state index contributed by atoms with van der Waals surface area (Å²) in [4.78, 5) is 0. The highest BCUT2D eigenvalue weighted by Gasteiger charge is 2.43. The van der Waals surface area contributed by atoms with E-state index >= 15 is 0 Å². The van der Waals surface area contributed by atoms with Crippen molar-refractivity contribution in [3.63, 3.8) is 0 Å². The van der Waals surface area contributed by atoms with Crippen molar-refractivity contribution in [3.05, 3.63) is 71.9 Å². The number of rotatable bonds is 2. The summed E-state index contributed by atoms with van der Waals surface area (Å²) in [5.74, 6) is 0.869. The molecular weight excluding hydrogens is 373 g/mol. The molecule has 0 N–H and O–H groups in total. The lowest BCUT2D eigenvalue weighted by Crippen LogP contribution is -2.54. The lowest BCUT2D eigenvalue weighted by molar-refractivity contribution is -0.659. The quantitative estimate of drug-likeness (QED) is 0.303. The fourth-order valence-corrected chi connectivity index (χ4v) is 6.84. The smallest absolute Gasteiger partial charge is 0.200 e. The molecule has 2 heteroatoms. The summed E-state index contributed by atoms with van der Waals surface area (Å²) in [5, 5.41) is 2.88. The average Bonchev–Trinajstić information content (AvgIpc) is 3.40. The molecule has 0 amide bonds. The molecule has 0 spiro atoms. The molecule has 4 aromatic rings. The van der Waals surface area contributed by atoms with E-state index in [1.54, 1.807) is 0 Å². The largest absolute Gasteiger partial charge is 0.245 e. The molecule has 0 atom stereocenters. The van der Waals surface area contributed by atoms with E-state index in [1.165, 1.54) is 92.8 Å². The van der Waals surface area contributed by atoms with Crippen LogP contribution in [0.5, 0.6) is 0 Å². The lowest BCUT2D eigenvalue weighted by Gasteiger charge is -2.25. The van der Waals surface area contributed by atoms with Crippen LogP contribution >= 0.6 is 0 Å². The molecular formula is C29H27BN+. The van der Waals surface area contributed by atoms with E-state index in [0.717, 1.165) is 5.92 Å². The maximum Gasteiger partial charge on any atom is 0.245 e. The molecule has 0 unspecified atom stereocenters. The van der Waals surface area contributed by atoms with Crippen LogP contribution in [0.2, 0.25) is 0 Å². The molecule has 1 aromatic heterocycles. The van der Waals surface area contributed by atoms with Gasteiger partial charge in [-0.15, -0.1) is 0 Å². The molecule has 3 heterocycles. The first kappa shape index (κ1) is 17.8. The van der Waals surface area contributed by atoms with Gasteiger partial charge in [0.05, 0.1) is 0 Å². The Morgan fingerprint density at radius 1 is 0.935 bits per heavy atom. The summed E-state index contributed by atoms with van der Waals surface area (Å²) in [6.07, 6.45) is 9.14. The van der Waals surface area contributed by atoms with Crippen molar-refractivity contribution in [1.82, 2.24) is 0 Å². The third-order valence-corrected chi connectivity index (χ3v) is 8.18. The standard InChI is InChI=1S/C29H27BN/c1-18-11-12-23-22-9-5-6-10-24(22)30-25-17-20(15-19-7-3-4-8-19)16-21-13-14-31(2)29(27(21)25)26(18)28(23)30/h5-6,9-14,16-17,19H,3-4,7-8,15H2,1-2H3/q+1. The van der Waals surface area contributed by atoms with Crippen LogP contribution < -0.4 is 21.0 Å². The van der Waals surface area contributed by atoms with Gasteiger partial charge in [0, 0.05) is 17.0 Å². The summed E-state index contributed by atoms with van der Waals surface area (Å²) in [5.41, 5.74) is 13.2. The zero-order valence-corrected chi connectivity index (χ0v) is 18.4. The van der Waals surface area contributed by atoms with Gasteiger partial charge in [0.15, 0.2) is 6.20 Å². The molecule has 1 aliphatic carbocycles. The van der Waals surface area contributed by atoms with Crippen LogP contribution in [0.1, 0.15) is 36.8 Å². The van der Waals surface area contributed by atoms with Crippen LogP contribution in [-0.2, 0) is 13.5 Å². The molecule has 150 valence electrons. The number of nitrogens with zero attached hydrogens (tertiary/aromatic N) is 1. The Hall–Kier alpha value is -2.87. The van der Waals surface area contributed by atoms with E-state index in [-0.39, 0.29) is 0 Å². The first-order valence-electron chi connectivity index (χ1n) is 11.9. The zero-order chi connectivity index (χ0) is 20.7. The number of aryl methyl sites for hydroxylation is 2. The monoisotopic (exact) mass is 400 g/mol. The van der Waals surface area contributed by atoms with E-state index < -0.39 is 0 Å². The highest BCUT2D eigenvalue weighted by atomic mass is 14.9. The fraction of sp³-hybridized carbons (Fsp3) is 0.276. The van der Waals surface area contributed by atoms with Gasteiger partial charge in [0.25, 0.3) is 0 Å². The molecule has 1 fully saturated rings. The van der Waals surface area contributed by atoms with Gasteiger partial charge in [-0.1, -0.05) is 85.1 Å². The van der Waals surface area contributed by atoms with Crippen LogP contribution in [0.3, 0.4) is 0 Å². The predicted octanol–water partition coefficient (Wildman–Crippen LogP) is 4.18. The van der Waals surface area contributed by atoms with Crippen molar-refractivity contribution in [2.45, 2.75) is 39.0 Å². The van der Waals surface area contributed by atoms with Gasteiger partial charge < -0.3 is 0 Å². The molecule has 1 saturated carbocycles. The molecule has 31 heavy (non-hydrogen) atoms. The highest BCUT2D eigenvalue weighted by Crippen LogP contribution is 2.37. The molecule has 1 nitrogen and oxygen atoms in total. The molecule has 7 rings (SSSR count). The van der Waals surface area contributed by atoms with Gasteiger partial charge in [-0.25, -0.2) is 4.57 Å². The van der Waals surface area contributed by atoms with Gasteiger partial charge in [-0.2, -0.15) is 0 Å². The van der Waals surface area contributed by atoms with Crippen LogP contribution in [0.4, 0.5) is 0 Å². The average molecular weight is 400 g/mol. The second-order valence-corrected chi connectivity index (χ2v) is 10.0.